The number of ketones is 2. The van der Waals surface area contributed by atoms with Gasteiger partial charge in [0.2, 0.25) is 11.6 Å². The van der Waals surface area contributed by atoms with E-state index in [-0.39, 0.29) is 130 Å². The zero-order valence-electron chi connectivity index (χ0n) is 88.0. The van der Waals surface area contributed by atoms with Gasteiger partial charge in [-0.2, -0.15) is 0 Å². The number of Topliss-reactive ketones (excluding diaryl/α,β-unsaturated/α-hetero) is 1. The summed E-state index contributed by atoms with van der Waals surface area (Å²) in [6.45, 7) is 75.6. The fourth-order valence-electron chi connectivity index (χ4n) is 21.3. The van der Waals surface area contributed by atoms with E-state index in [1.807, 2.05) is 61.5 Å². The summed E-state index contributed by atoms with van der Waals surface area (Å²) in [5.74, 6) is -2.84. The maximum absolute atomic E-state index is 15.4. The van der Waals surface area contributed by atoms with Crippen LogP contribution in [0.15, 0.2) is 85.0 Å². The number of carbonyl (C=O) groups is 3. The van der Waals surface area contributed by atoms with Crippen molar-refractivity contribution < 1.29 is 112 Å². The number of hydrogen-bond donors (Lipinski definition) is 0. The number of methoxy groups -OCH3 is 2. The molecule has 31 atom stereocenters. The Hall–Kier alpha value is -3.57. The van der Waals surface area contributed by atoms with Crippen LogP contribution in [-0.4, -0.2) is 238 Å². The number of esters is 1. The van der Waals surface area contributed by atoms with Gasteiger partial charge in [-0.3, -0.25) is 14.4 Å². The molecule has 2 spiro atoms. The van der Waals surface area contributed by atoms with Crippen molar-refractivity contribution in [2.45, 2.75) is 496 Å². The van der Waals surface area contributed by atoms with E-state index < -0.39 is 175 Å². The molecule has 13 aliphatic rings. The summed E-state index contributed by atoms with van der Waals surface area (Å²) in [6, 6.07) is 15.4. The normalized spacial score (nSPS) is 36.2. The molecule has 15 rings (SSSR count). The molecule has 2 aromatic carbocycles. The topological polar surface area (TPSA) is 245 Å². The van der Waals surface area contributed by atoms with Crippen LogP contribution in [0.25, 0.3) is 0 Å². The molecule has 13 heterocycles. The highest BCUT2D eigenvalue weighted by Gasteiger charge is 2.83. The molecule has 13 fully saturated rings. The van der Waals surface area contributed by atoms with Crippen LogP contribution in [-0.2, 0) is 109 Å². The van der Waals surface area contributed by atoms with Gasteiger partial charge in [0.15, 0.2) is 59.8 Å². The molecule has 29 heteroatoms. The monoisotopic (exact) mass is 1970 g/mol. The number of benzene rings is 2. The summed E-state index contributed by atoms with van der Waals surface area (Å²) >= 11 is 0. The van der Waals surface area contributed by atoms with Crippen LogP contribution >= 0.6 is 0 Å². The Balaban J connectivity index is 0.712. The molecule has 135 heavy (non-hydrogen) atoms. The van der Waals surface area contributed by atoms with Gasteiger partial charge >= 0.3 is 5.97 Å². The Kier molecular flexibility index (Phi) is 32.4. The molecule has 0 aliphatic carbocycles. The first-order valence-electron chi connectivity index (χ1n) is 51.2. The molecule has 24 nitrogen and oxygen atoms in total. The molecule has 12 bridgehead atoms. The van der Waals surface area contributed by atoms with Gasteiger partial charge in [0.1, 0.15) is 53.9 Å². The first-order chi connectivity index (χ1) is 62.7. The quantitative estimate of drug-likeness (QED) is 0.0305. The van der Waals surface area contributed by atoms with E-state index in [0.29, 0.717) is 82.3 Å². The molecule has 760 valence electrons. The van der Waals surface area contributed by atoms with E-state index in [0.717, 1.165) is 35.1 Å². The van der Waals surface area contributed by atoms with Crippen molar-refractivity contribution in [3.63, 3.8) is 0 Å². The zero-order valence-corrected chi connectivity index (χ0v) is 93.0. The first kappa shape index (κ1) is 107. The number of fused-ring (bicyclic) bond motifs is 7. The minimum atomic E-state index is -2.60. The Morgan fingerprint density at radius 1 is 0.548 bits per heavy atom. The first-order valence-corrected chi connectivity index (χ1v) is 65.7. The lowest BCUT2D eigenvalue weighted by molar-refractivity contribution is -0.329. The van der Waals surface area contributed by atoms with E-state index >= 15 is 14.4 Å². The van der Waals surface area contributed by atoms with Gasteiger partial charge < -0.3 is 97.9 Å². The molecule has 0 radical (unpaired) electrons. The second kappa shape index (κ2) is 40.8. The lowest BCUT2D eigenvalue weighted by Crippen LogP contribution is -2.63. The molecule has 0 amide bonds. The van der Waals surface area contributed by atoms with Gasteiger partial charge in [-0.15, -0.1) is 0 Å². The van der Waals surface area contributed by atoms with Crippen LogP contribution in [0.1, 0.15) is 252 Å². The highest BCUT2D eigenvalue weighted by Crippen LogP contribution is 2.65. The fourth-order valence-corrected chi connectivity index (χ4v) is 27.7. The summed E-state index contributed by atoms with van der Waals surface area (Å²) in [7, 11) is -8.80. The van der Waals surface area contributed by atoms with E-state index in [9.17, 15) is 0 Å². The SMILES string of the molecule is C=C1C[C@@H]2CC[C@]34O[C@@H]5[C@H]6O[C@]7(OC(c8ccc(OC)cc8)O[C@@H]37)[C@H](O4)[C@@H]6O[C@H]3CC[C@H](CC(=O)O[C@@H]4[C@@H](C)[C@@H]6O[C@H](CC(=O)/C=C/[C@@H](OCc7ccc(OC)cc7)[C@@H](C)CC(=O)C[C@H](C)[C@@H]7O[C@H]([C@H](C[C@H](CO[Si](C)(C)C(C)(C)C)O[Si](C)(C)C(C)(C)C)O[Si](C)(C)C(C)(C)C)C[C@@H]7O[Si](C)(C)C(C)(C)C)[C@H](O[Si](C)(C)C(C)(C)C)C[C@@H]6O[C@H]4C[C@H]4O[C@@H](CC[C@@H]1O2)C[C@H](C)C4=C)O[C@H]53. The maximum Gasteiger partial charge on any atom is 0.308 e. The van der Waals surface area contributed by atoms with E-state index in [2.05, 4.69) is 197 Å². The number of carbonyl (C=O) groups excluding carboxylic acids is 3. The van der Waals surface area contributed by atoms with Crippen LogP contribution in [0.2, 0.25) is 90.7 Å². The molecular weight excluding hydrogens is 1800 g/mol. The van der Waals surface area contributed by atoms with Gasteiger partial charge in [-0.25, -0.2) is 0 Å². The molecule has 1 unspecified atom stereocenters. The average molecular weight is 1970 g/mol. The molecule has 0 aromatic heterocycles. The van der Waals surface area contributed by atoms with E-state index in [1.54, 1.807) is 20.3 Å². The molecule has 2 aromatic rings. The lowest BCUT2D eigenvalue weighted by Gasteiger charge is -2.53. The van der Waals surface area contributed by atoms with Crippen molar-refractivity contribution in [1.29, 1.82) is 0 Å². The average Bonchev–Trinajstić information content (AvgIpc) is 1.49. The van der Waals surface area contributed by atoms with Gasteiger partial charge in [0.05, 0.1) is 138 Å². The third-order valence-electron chi connectivity index (χ3n) is 34.7. The minimum Gasteiger partial charge on any atom is -0.497 e. The summed E-state index contributed by atoms with van der Waals surface area (Å²) in [5.41, 5.74) is 3.71. The van der Waals surface area contributed by atoms with Crippen molar-refractivity contribution in [3.8, 4) is 11.5 Å². The Morgan fingerprint density at radius 3 is 1.78 bits per heavy atom. The van der Waals surface area contributed by atoms with Crippen molar-refractivity contribution in [1.82, 2.24) is 0 Å². The van der Waals surface area contributed by atoms with Gasteiger partial charge in [0.25, 0.3) is 0 Å². The second-order valence-electron chi connectivity index (χ2n) is 49.9. The summed E-state index contributed by atoms with van der Waals surface area (Å²) in [4.78, 5) is 46.0. The standard InChI is InChI=1S/C106H172O24Si5/c1-62-52-74-43-46-79-64(3)53-76(114-79)48-49-105-99-106(126-98(122-99)69-36-41-73(111-23)42-37-69)97(125-105)96-95(124-106)94(123-105)93-80(118-96)47-44-75(116-93)56-89(109)121-92-67(6)91-87(117-86(92)57-81(115-74)66(62)5)59-85(129-134(30,31)103(16,17)18)82(120-91)54-70(107)38-45-78(112-60-68-34-39-72(110-22)40-35-68)63(2)50-71(108)51-65(4)90-88(130-135(32,33)104(19,20)21)58-83(119-90)84(128-133(28,29)102(13,14)15)55-77(127-132(26,27)101(10,11)12)61-113-131(24,25)100(7,8)9/h34-42,45,62-63,65,67,74-88,90-99H,3,5,43-44,46-61H2,1-2,4,6-33H3/b45-38+/t62-,63-,65-,67-,74-,75+,76-,77+,78+,79-,80-,81+,82+,83-,84-,85+,86-,87-,88-,90-,91-,92+,93-,94-,95+,96+,97+,98?,99-,105+,106-/m0/s1. The summed E-state index contributed by atoms with van der Waals surface area (Å²) < 4.78 is 149. The molecule has 13 saturated heterocycles. The molecule has 0 saturated carbocycles. The molecule has 0 N–H and O–H groups in total. The predicted molar refractivity (Wildman–Crippen MR) is 533 cm³/mol. The van der Waals surface area contributed by atoms with Gasteiger partial charge in [-0.1, -0.05) is 175 Å². The number of allylic oxidation sites excluding steroid dienone is 1. The van der Waals surface area contributed by atoms with Crippen molar-refractivity contribution in [2.75, 3.05) is 20.8 Å². The zero-order chi connectivity index (χ0) is 98.6. The second-order valence-corrected chi connectivity index (χ2v) is 73.8. The van der Waals surface area contributed by atoms with Crippen LogP contribution in [0.5, 0.6) is 11.5 Å². The maximum atomic E-state index is 15.4. The Bertz CT molecular complexity index is 4450. The summed E-state index contributed by atoms with van der Waals surface area (Å²) in [5, 5.41) is -0.476. The van der Waals surface area contributed by atoms with E-state index in [4.69, 9.17) is 104 Å². The van der Waals surface area contributed by atoms with Crippen molar-refractivity contribution >= 4 is 59.1 Å². The van der Waals surface area contributed by atoms with Crippen LogP contribution in [0.3, 0.4) is 0 Å². The van der Waals surface area contributed by atoms with Crippen LogP contribution < -0.4 is 9.47 Å². The summed E-state index contributed by atoms with van der Waals surface area (Å²) in [6.07, 6.45) is -2.39. The van der Waals surface area contributed by atoms with Crippen molar-refractivity contribution in [2.24, 2.45) is 23.7 Å². The van der Waals surface area contributed by atoms with Crippen LogP contribution in [0, 0.1) is 23.7 Å². The predicted octanol–water partition coefficient (Wildman–Crippen LogP) is 21.8. The number of ether oxygens (including phenoxy) is 16. The minimum absolute atomic E-state index is 0.00235. The Labute approximate surface area is 814 Å². The van der Waals surface area contributed by atoms with Crippen molar-refractivity contribution in [3.05, 3.63) is 96.1 Å². The highest BCUT2D eigenvalue weighted by molar-refractivity contribution is 6.76. The lowest BCUT2D eigenvalue weighted by atomic mass is 9.79. The number of hydrogen-bond acceptors (Lipinski definition) is 24. The highest BCUT2D eigenvalue weighted by atomic mass is 28.4. The third-order valence-corrected chi connectivity index (χ3v) is 57.3. The third kappa shape index (κ3) is 23.4. The number of rotatable bonds is 30. The molecule has 13 aliphatic heterocycles. The largest absolute Gasteiger partial charge is 0.497 e. The van der Waals surface area contributed by atoms with Gasteiger partial charge in [0, 0.05) is 62.8 Å². The van der Waals surface area contributed by atoms with Gasteiger partial charge in [-0.05, 0) is 200 Å². The van der Waals surface area contributed by atoms with E-state index in [1.165, 1.54) is 0 Å². The smallest absolute Gasteiger partial charge is 0.308 e. The van der Waals surface area contributed by atoms with Crippen LogP contribution in [0.4, 0.5) is 0 Å². The Morgan fingerprint density at radius 2 is 1.14 bits per heavy atom. The molecular formula is C106H172O24Si5. The fraction of sp³-hybridized carbons (Fsp3) is 0.802.